The summed E-state index contributed by atoms with van der Waals surface area (Å²) in [4.78, 5) is 33.4. The van der Waals surface area contributed by atoms with Gasteiger partial charge in [-0.3, -0.25) is 19.1 Å². The fraction of sp³-hybridized carbons (Fsp3) is 0.312. The third-order valence-corrected chi connectivity index (χ3v) is 9.24. The SMILES string of the molecule is CCn1c(N2CCN(c3ccc(F)cc3)CC2)c(C=C2SC(=S)N(CCc3ccc(OC)cc3)C2=O)c(C)c(C#N)c1=O. The Balaban J connectivity index is 1.45. The number of carbonyl (C=O) groups is 1. The summed E-state index contributed by atoms with van der Waals surface area (Å²) < 4.78 is 20.8. The molecule has 0 saturated carbocycles. The van der Waals surface area contributed by atoms with E-state index in [0.29, 0.717) is 71.9 Å². The van der Waals surface area contributed by atoms with Crippen molar-refractivity contribution in [3.05, 3.63) is 91.9 Å². The molecule has 0 bridgehead atoms. The van der Waals surface area contributed by atoms with E-state index in [-0.39, 0.29) is 22.8 Å². The summed E-state index contributed by atoms with van der Waals surface area (Å²) >= 11 is 6.84. The zero-order valence-electron chi connectivity index (χ0n) is 24.3. The Labute approximate surface area is 260 Å². The van der Waals surface area contributed by atoms with Crippen LogP contribution in [0.1, 0.15) is 29.2 Å². The van der Waals surface area contributed by atoms with Gasteiger partial charge in [-0.15, -0.1) is 0 Å². The molecule has 222 valence electrons. The van der Waals surface area contributed by atoms with Crippen molar-refractivity contribution in [1.82, 2.24) is 9.47 Å². The zero-order chi connectivity index (χ0) is 30.7. The number of methoxy groups -OCH3 is 1. The number of anilines is 2. The predicted molar refractivity (Wildman–Crippen MR) is 173 cm³/mol. The van der Waals surface area contributed by atoms with Gasteiger partial charge in [0.25, 0.3) is 11.5 Å². The second-order valence-corrected chi connectivity index (χ2v) is 12.0. The molecule has 2 fully saturated rings. The highest BCUT2D eigenvalue weighted by molar-refractivity contribution is 8.26. The molecule has 3 aromatic rings. The van der Waals surface area contributed by atoms with Gasteiger partial charge in [0, 0.05) is 50.5 Å². The molecule has 1 amide bonds. The Hall–Kier alpha value is -4.14. The van der Waals surface area contributed by atoms with Gasteiger partial charge in [0.2, 0.25) is 0 Å². The van der Waals surface area contributed by atoms with E-state index >= 15 is 0 Å². The highest BCUT2D eigenvalue weighted by atomic mass is 32.2. The predicted octanol–water partition coefficient (Wildman–Crippen LogP) is 4.97. The lowest BCUT2D eigenvalue weighted by molar-refractivity contribution is -0.122. The van der Waals surface area contributed by atoms with E-state index in [9.17, 15) is 19.2 Å². The molecule has 11 heteroatoms. The van der Waals surface area contributed by atoms with E-state index in [0.717, 1.165) is 17.0 Å². The van der Waals surface area contributed by atoms with Crippen LogP contribution in [0.2, 0.25) is 0 Å². The standard InChI is InChI=1S/C32H32FN5O3S2/c1-4-37-29(36-17-15-35(16-18-36)24-9-7-23(33)8-10-24)26(21(2)27(20-34)30(37)39)19-28-31(40)38(32(42)43-28)14-13-22-5-11-25(41-3)12-6-22/h5-12,19H,4,13-18H2,1-3H3. The van der Waals surface area contributed by atoms with Crippen LogP contribution in [-0.2, 0) is 17.8 Å². The number of amides is 1. The van der Waals surface area contributed by atoms with Crippen LogP contribution in [0.3, 0.4) is 0 Å². The number of hydrogen-bond donors (Lipinski definition) is 0. The van der Waals surface area contributed by atoms with E-state index in [1.807, 2.05) is 31.2 Å². The minimum atomic E-state index is -0.345. The largest absolute Gasteiger partial charge is 0.497 e. The minimum Gasteiger partial charge on any atom is -0.497 e. The van der Waals surface area contributed by atoms with Gasteiger partial charge < -0.3 is 14.5 Å². The maximum atomic E-state index is 13.6. The molecule has 0 unspecified atom stereocenters. The zero-order valence-corrected chi connectivity index (χ0v) is 25.9. The second-order valence-electron chi connectivity index (χ2n) is 10.3. The Morgan fingerprint density at radius 2 is 1.70 bits per heavy atom. The molecular formula is C32H32FN5O3S2. The normalized spacial score (nSPS) is 16.3. The summed E-state index contributed by atoms with van der Waals surface area (Å²) in [6.07, 6.45) is 2.42. The van der Waals surface area contributed by atoms with E-state index in [1.54, 1.807) is 41.7 Å². The maximum Gasteiger partial charge on any atom is 0.270 e. The summed E-state index contributed by atoms with van der Waals surface area (Å²) in [5, 5.41) is 9.89. The van der Waals surface area contributed by atoms with Crippen LogP contribution in [0.4, 0.5) is 15.9 Å². The lowest BCUT2D eigenvalue weighted by atomic mass is 10.0. The molecule has 0 atom stereocenters. The van der Waals surface area contributed by atoms with Crippen LogP contribution < -0.4 is 20.1 Å². The number of benzene rings is 2. The van der Waals surface area contributed by atoms with Crippen LogP contribution in [-0.4, -0.2) is 59.5 Å². The third-order valence-electron chi connectivity index (χ3n) is 7.87. The number of thiocarbonyl (C=S) groups is 1. The summed E-state index contributed by atoms with van der Waals surface area (Å²) in [6, 6.07) is 16.2. The van der Waals surface area contributed by atoms with Gasteiger partial charge in [0.1, 0.15) is 33.3 Å². The van der Waals surface area contributed by atoms with Gasteiger partial charge in [-0.25, -0.2) is 4.39 Å². The highest BCUT2D eigenvalue weighted by Gasteiger charge is 2.33. The number of carbonyl (C=O) groups excluding carboxylic acids is 1. The number of thioether (sulfide) groups is 1. The molecule has 0 aliphatic carbocycles. The van der Waals surface area contributed by atoms with Crippen LogP contribution in [0.5, 0.6) is 5.75 Å². The van der Waals surface area contributed by atoms with E-state index < -0.39 is 0 Å². The van der Waals surface area contributed by atoms with E-state index in [2.05, 4.69) is 15.9 Å². The number of piperazine rings is 1. The topological polar surface area (TPSA) is 81.8 Å². The van der Waals surface area contributed by atoms with Gasteiger partial charge in [0.15, 0.2) is 0 Å². The molecule has 0 N–H and O–H groups in total. The summed E-state index contributed by atoms with van der Waals surface area (Å²) in [6.45, 7) is 6.96. The number of rotatable bonds is 8. The fourth-order valence-electron chi connectivity index (χ4n) is 5.46. The van der Waals surface area contributed by atoms with Crippen LogP contribution in [0, 0.1) is 24.1 Å². The Bertz CT molecular complexity index is 1670. The first-order chi connectivity index (χ1) is 20.7. The molecular weight excluding hydrogens is 586 g/mol. The summed E-state index contributed by atoms with van der Waals surface area (Å²) in [5.74, 6) is 0.984. The maximum absolute atomic E-state index is 13.6. The van der Waals surface area contributed by atoms with E-state index in [1.165, 1.54) is 23.9 Å². The number of ether oxygens (including phenoxy) is 1. The smallest absolute Gasteiger partial charge is 0.270 e. The van der Waals surface area contributed by atoms with Crippen LogP contribution in [0.25, 0.3) is 6.08 Å². The molecule has 43 heavy (non-hydrogen) atoms. The van der Waals surface area contributed by atoms with Gasteiger partial charge in [-0.05, 0) is 73.9 Å². The van der Waals surface area contributed by atoms with E-state index in [4.69, 9.17) is 17.0 Å². The first kappa shape index (κ1) is 30.3. The Morgan fingerprint density at radius 3 is 2.30 bits per heavy atom. The van der Waals surface area contributed by atoms with Crippen LogP contribution in [0.15, 0.2) is 58.2 Å². The van der Waals surface area contributed by atoms with Crippen molar-refractivity contribution < 1.29 is 13.9 Å². The molecule has 2 aromatic carbocycles. The number of pyridine rings is 1. The Morgan fingerprint density at radius 1 is 1.05 bits per heavy atom. The van der Waals surface area contributed by atoms with Gasteiger partial charge in [-0.2, -0.15) is 5.26 Å². The minimum absolute atomic E-state index is 0.0665. The molecule has 8 nitrogen and oxygen atoms in total. The molecule has 5 rings (SSSR count). The molecule has 3 heterocycles. The number of halogens is 1. The average Bonchev–Trinajstić information content (AvgIpc) is 3.29. The first-order valence-corrected chi connectivity index (χ1v) is 15.3. The Kier molecular flexibility index (Phi) is 9.18. The summed E-state index contributed by atoms with van der Waals surface area (Å²) in [5.41, 5.74) is 2.92. The van der Waals surface area contributed by atoms with Crippen LogP contribution >= 0.6 is 24.0 Å². The van der Waals surface area contributed by atoms with Crippen molar-refractivity contribution in [3.63, 3.8) is 0 Å². The van der Waals surface area contributed by atoms with Crippen molar-refractivity contribution in [2.45, 2.75) is 26.8 Å². The number of aromatic nitrogens is 1. The molecule has 1 aromatic heterocycles. The highest BCUT2D eigenvalue weighted by Crippen LogP contribution is 2.36. The van der Waals surface area contributed by atoms with Gasteiger partial charge >= 0.3 is 0 Å². The van der Waals surface area contributed by atoms with Crippen molar-refractivity contribution >= 4 is 51.8 Å². The number of nitrogens with zero attached hydrogens (tertiary/aromatic N) is 5. The lowest BCUT2D eigenvalue weighted by Gasteiger charge is -2.39. The van der Waals surface area contributed by atoms with Crippen molar-refractivity contribution in [2.24, 2.45) is 0 Å². The number of hydrogen-bond acceptors (Lipinski definition) is 8. The summed E-state index contributed by atoms with van der Waals surface area (Å²) in [7, 11) is 1.62. The first-order valence-electron chi connectivity index (χ1n) is 14.1. The van der Waals surface area contributed by atoms with Gasteiger partial charge in [0.05, 0.1) is 12.0 Å². The number of nitriles is 1. The average molecular weight is 618 g/mol. The fourth-order valence-corrected chi connectivity index (χ4v) is 6.75. The van der Waals surface area contributed by atoms with Crippen molar-refractivity contribution in [2.75, 3.05) is 49.6 Å². The molecule has 2 aliphatic heterocycles. The second kappa shape index (κ2) is 13.0. The molecule has 2 saturated heterocycles. The monoisotopic (exact) mass is 617 g/mol. The molecule has 0 spiro atoms. The van der Waals surface area contributed by atoms with Crippen molar-refractivity contribution in [3.8, 4) is 11.8 Å². The molecule has 2 aliphatic rings. The third kappa shape index (κ3) is 6.17. The quantitative estimate of drug-likeness (QED) is 0.259. The van der Waals surface area contributed by atoms with Crippen molar-refractivity contribution in [1.29, 1.82) is 5.26 Å². The molecule has 0 radical (unpaired) electrons. The van der Waals surface area contributed by atoms with Gasteiger partial charge in [-0.1, -0.05) is 36.1 Å². The lowest BCUT2D eigenvalue weighted by Crippen LogP contribution is -2.48.